The van der Waals surface area contributed by atoms with E-state index in [0.717, 1.165) is 11.3 Å². The van der Waals surface area contributed by atoms with Crippen molar-refractivity contribution in [1.82, 2.24) is 15.2 Å². The van der Waals surface area contributed by atoms with Crippen LogP contribution < -0.4 is 15.6 Å². The standard InChI is InChI=1S/C21H20N6O5S2/c1-32-25-14(13-11-34-21(22)23-13)17(28)24-15-18(29)27-16(20(30)31)12(10-33-19(15)27)6-5-9-26-7-3-2-4-8-26/h2-8,11,15,19H,9-10H2,1H3,(H3-,22,23,24,28,30,31)/p+1/t15?,19-/m0/s1. The number of nitrogens with two attached hydrogens (primary N) is 1. The Kier molecular flexibility index (Phi) is 6.93. The average Bonchev–Trinajstić information content (AvgIpc) is 3.26. The van der Waals surface area contributed by atoms with E-state index in [0.29, 0.717) is 17.9 Å². The van der Waals surface area contributed by atoms with Gasteiger partial charge in [-0.1, -0.05) is 17.3 Å². The average molecular weight is 502 g/mol. The SMILES string of the molecule is CON=C(C(=O)NC1C(=O)N2C(C(=O)O)=C(C=CC[n+]3ccccc3)CS[C@@H]12)c1csc(N)n1. The Morgan fingerprint density at radius 2 is 2.18 bits per heavy atom. The van der Waals surface area contributed by atoms with Crippen molar-refractivity contribution in [3.8, 4) is 0 Å². The molecule has 0 aliphatic carbocycles. The van der Waals surface area contributed by atoms with Crippen LogP contribution in [0.2, 0.25) is 0 Å². The number of nitrogens with one attached hydrogen (secondary N) is 1. The number of allylic oxidation sites excluding steroid dienone is 2. The first-order chi connectivity index (χ1) is 16.4. The molecule has 34 heavy (non-hydrogen) atoms. The van der Waals surface area contributed by atoms with E-state index >= 15 is 0 Å². The Bertz CT molecular complexity index is 1210. The van der Waals surface area contributed by atoms with Crippen molar-refractivity contribution in [2.24, 2.45) is 5.16 Å². The molecule has 1 unspecified atom stereocenters. The zero-order chi connectivity index (χ0) is 24.2. The van der Waals surface area contributed by atoms with Crippen LogP contribution in [-0.4, -0.2) is 62.8 Å². The molecule has 0 saturated carbocycles. The highest BCUT2D eigenvalue weighted by atomic mass is 32.2. The smallest absolute Gasteiger partial charge is 0.352 e. The number of nitrogens with zero attached hydrogens (tertiary/aromatic N) is 4. The van der Waals surface area contributed by atoms with Crippen molar-refractivity contribution in [1.29, 1.82) is 0 Å². The minimum Gasteiger partial charge on any atom is -0.477 e. The number of thiazole rings is 1. The number of hydrogen-bond acceptors (Lipinski definition) is 9. The number of β-lactam (4-membered cyclic amide) rings is 1. The number of carbonyl (C=O) groups excluding carboxylic acids is 2. The highest BCUT2D eigenvalue weighted by Crippen LogP contribution is 2.40. The molecule has 4 rings (SSSR count). The lowest BCUT2D eigenvalue weighted by atomic mass is 10.0. The zero-order valence-corrected chi connectivity index (χ0v) is 19.6. The molecule has 0 bridgehead atoms. The number of aromatic nitrogens is 2. The first kappa shape index (κ1) is 23.4. The summed E-state index contributed by atoms with van der Waals surface area (Å²) >= 11 is 2.51. The molecule has 2 amide bonds. The predicted octanol–water partition coefficient (Wildman–Crippen LogP) is 0.358. The Hall–Kier alpha value is -3.71. The van der Waals surface area contributed by atoms with Gasteiger partial charge >= 0.3 is 5.97 Å². The fourth-order valence-corrected chi connectivity index (χ4v) is 5.41. The summed E-state index contributed by atoms with van der Waals surface area (Å²) in [6, 6.07) is 4.80. The van der Waals surface area contributed by atoms with Crippen LogP contribution in [0.25, 0.3) is 0 Å². The lowest BCUT2D eigenvalue weighted by Crippen LogP contribution is -2.71. The highest BCUT2D eigenvalue weighted by molar-refractivity contribution is 8.00. The molecule has 1 saturated heterocycles. The van der Waals surface area contributed by atoms with Crippen LogP contribution in [0, 0.1) is 0 Å². The van der Waals surface area contributed by atoms with Gasteiger partial charge in [-0.3, -0.25) is 14.5 Å². The third-order valence-electron chi connectivity index (χ3n) is 5.06. The van der Waals surface area contributed by atoms with Crippen LogP contribution in [0.1, 0.15) is 5.69 Å². The van der Waals surface area contributed by atoms with E-state index in [1.807, 2.05) is 41.2 Å². The molecule has 2 aromatic rings. The summed E-state index contributed by atoms with van der Waals surface area (Å²) in [4.78, 5) is 47.7. The number of carboxylic acid groups (broad SMARTS) is 1. The first-order valence-corrected chi connectivity index (χ1v) is 12.0. The number of aliphatic carboxylic acids is 1. The number of fused-ring (bicyclic) bond motifs is 1. The van der Waals surface area contributed by atoms with E-state index in [1.54, 1.807) is 11.5 Å². The zero-order valence-electron chi connectivity index (χ0n) is 18.0. The second-order valence-electron chi connectivity index (χ2n) is 7.21. The first-order valence-electron chi connectivity index (χ1n) is 10.1. The van der Waals surface area contributed by atoms with E-state index < -0.39 is 29.2 Å². The molecular weight excluding hydrogens is 480 g/mol. The fraction of sp³-hybridized carbons (Fsp3) is 0.238. The monoisotopic (exact) mass is 501 g/mol. The molecular formula is C21H21N6O5S2+. The number of nitrogen functional groups attached to an aromatic ring is 1. The molecule has 2 atom stereocenters. The largest absolute Gasteiger partial charge is 0.477 e. The van der Waals surface area contributed by atoms with E-state index in [-0.39, 0.29) is 22.2 Å². The van der Waals surface area contributed by atoms with Crippen molar-refractivity contribution in [2.75, 3.05) is 18.6 Å². The third-order valence-corrected chi connectivity index (χ3v) is 7.04. The van der Waals surface area contributed by atoms with Crippen LogP contribution in [-0.2, 0) is 25.8 Å². The van der Waals surface area contributed by atoms with E-state index in [9.17, 15) is 19.5 Å². The lowest BCUT2D eigenvalue weighted by molar-refractivity contribution is -0.687. The van der Waals surface area contributed by atoms with Crippen LogP contribution >= 0.6 is 23.1 Å². The molecule has 11 nitrogen and oxygen atoms in total. The molecule has 4 N–H and O–H groups in total. The Morgan fingerprint density at radius 1 is 1.41 bits per heavy atom. The van der Waals surface area contributed by atoms with Gasteiger partial charge in [0.25, 0.3) is 11.8 Å². The molecule has 2 aliphatic heterocycles. The molecule has 2 aliphatic rings. The van der Waals surface area contributed by atoms with Gasteiger partial charge < -0.3 is 21.0 Å². The molecule has 0 aromatic carbocycles. The van der Waals surface area contributed by atoms with Gasteiger partial charge in [0.2, 0.25) is 0 Å². The van der Waals surface area contributed by atoms with Gasteiger partial charge in [-0.05, 0) is 11.6 Å². The summed E-state index contributed by atoms with van der Waals surface area (Å²) in [6.07, 6.45) is 7.36. The van der Waals surface area contributed by atoms with Gasteiger partial charge in [-0.15, -0.1) is 23.1 Å². The summed E-state index contributed by atoms with van der Waals surface area (Å²) in [5, 5.41) is 17.4. The normalized spacial score (nSPS) is 20.2. The van der Waals surface area contributed by atoms with Gasteiger partial charge in [0.05, 0.1) is 0 Å². The second-order valence-corrected chi connectivity index (χ2v) is 9.20. The summed E-state index contributed by atoms with van der Waals surface area (Å²) in [5.41, 5.74) is 6.18. The summed E-state index contributed by atoms with van der Waals surface area (Å²) in [6.45, 7) is 0.556. The predicted molar refractivity (Wildman–Crippen MR) is 126 cm³/mol. The van der Waals surface area contributed by atoms with Crippen LogP contribution in [0.4, 0.5) is 5.13 Å². The molecule has 176 valence electrons. The minimum atomic E-state index is -1.20. The Morgan fingerprint density at radius 3 is 2.82 bits per heavy atom. The highest BCUT2D eigenvalue weighted by Gasteiger charge is 2.54. The summed E-state index contributed by atoms with van der Waals surface area (Å²) in [7, 11) is 1.28. The third kappa shape index (κ3) is 4.65. The summed E-state index contributed by atoms with van der Waals surface area (Å²) in [5.74, 6) is -2.01. The number of carbonyl (C=O) groups is 3. The van der Waals surface area contributed by atoms with Crippen LogP contribution in [0.15, 0.2) is 64.6 Å². The number of anilines is 1. The van der Waals surface area contributed by atoms with Crippen LogP contribution in [0.3, 0.4) is 0 Å². The van der Waals surface area contributed by atoms with Crippen molar-refractivity contribution >= 4 is 51.7 Å². The maximum absolute atomic E-state index is 12.9. The quantitative estimate of drug-likeness (QED) is 0.203. The van der Waals surface area contributed by atoms with E-state index in [1.165, 1.54) is 23.8 Å². The molecule has 1 fully saturated rings. The Balaban J connectivity index is 1.49. The lowest BCUT2D eigenvalue weighted by Gasteiger charge is -2.49. The van der Waals surface area contributed by atoms with Gasteiger partial charge in [-0.25, -0.2) is 14.3 Å². The van der Waals surface area contributed by atoms with Crippen molar-refractivity contribution < 1.29 is 28.9 Å². The van der Waals surface area contributed by atoms with Crippen LogP contribution in [0.5, 0.6) is 0 Å². The molecule has 0 spiro atoms. The van der Waals surface area contributed by atoms with Crippen molar-refractivity contribution in [2.45, 2.75) is 18.0 Å². The maximum Gasteiger partial charge on any atom is 0.352 e. The van der Waals surface area contributed by atoms with Gasteiger partial charge in [0, 0.05) is 23.3 Å². The van der Waals surface area contributed by atoms with Crippen molar-refractivity contribution in [3.63, 3.8) is 0 Å². The molecule has 2 aromatic heterocycles. The number of hydrogen-bond donors (Lipinski definition) is 3. The maximum atomic E-state index is 12.9. The summed E-state index contributed by atoms with van der Waals surface area (Å²) < 4.78 is 1.94. The number of amides is 2. The Labute approximate surface area is 202 Å². The number of pyridine rings is 1. The van der Waals surface area contributed by atoms with E-state index in [4.69, 9.17) is 10.6 Å². The van der Waals surface area contributed by atoms with Gasteiger partial charge in [0.1, 0.15) is 29.9 Å². The fourth-order valence-electron chi connectivity index (χ4n) is 3.55. The topological polar surface area (TPSA) is 151 Å². The molecule has 0 radical (unpaired) electrons. The van der Waals surface area contributed by atoms with Gasteiger partial charge in [0.15, 0.2) is 29.8 Å². The number of oxime groups is 1. The number of rotatable bonds is 8. The molecule has 4 heterocycles. The van der Waals surface area contributed by atoms with Crippen molar-refractivity contribution in [3.05, 3.63) is 65.1 Å². The number of carboxylic acids is 1. The van der Waals surface area contributed by atoms with E-state index in [2.05, 4.69) is 15.5 Å². The van der Waals surface area contributed by atoms with Gasteiger partial charge in [-0.2, -0.15) is 0 Å². The minimum absolute atomic E-state index is 0.0772. The number of thioether (sulfide) groups is 1. The second kappa shape index (κ2) is 10.1. The molecule has 13 heteroatoms.